The summed E-state index contributed by atoms with van der Waals surface area (Å²) in [5, 5.41) is 5.39. The summed E-state index contributed by atoms with van der Waals surface area (Å²) in [4.78, 5) is 17.5. The third-order valence-electron chi connectivity index (χ3n) is 4.15. The van der Waals surface area contributed by atoms with E-state index in [4.69, 9.17) is 11.6 Å². The van der Waals surface area contributed by atoms with E-state index in [1.54, 1.807) is 42.5 Å². The highest BCUT2D eigenvalue weighted by Crippen LogP contribution is 2.26. The number of nitrogens with one attached hydrogen (secondary N) is 1. The first kappa shape index (κ1) is 17.7. The van der Waals surface area contributed by atoms with Crippen LogP contribution in [0.3, 0.4) is 0 Å². The molecule has 0 spiro atoms. The van der Waals surface area contributed by atoms with Gasteiger partial charge in [-0.1, -0.05) is 29.8 Å². The molecule has 2 aromatic heterocycles. The molecule has 0 aliphatic carbocycles. The summed E-state index contributed by atoms with van der Waals surface area (Å²) in [6, 6.07) is 13.6. The zero-order valence-electron chi connectivity index (χ0n) is 14.2. The molecule has 0 aliphatic rings. The van der Waals surface area contributed by atoms with Crippen molar-refractivity contribution in [3.05, 3.63) is 76.6 Å². The van der Waals surface area contributed by atoms with Gasteiger partial charge in [0.05, 0.1) is 5.69 Å². The molecular formula is C20H15ClFN3OS. The van der Waals surface area contributed by atoms with Gasteiger partial charge in [-0.2, -0.15) is 0 Å². The number of benzene rings is 2. The summed E-state index contributed by atoms with van der Waals surface area (Å²) in [6.07, 6.45) is 2.69. The van der Waals surface area contributed by atoms with Gasteiger partial charge in [0, 0.05) is 40.0 Å². The third kappa shape index (κ3) is 3.86. The average Bonchev–Trinajstić information content (AvgIpc) is 3.21. The van der Waals surface area contributed by atoms with Crippen molar-refractivity contribution in [3.63, 3.8) is 0 Å². The number of imidazole rings is 1. The number of carbonyl (C=O) groups is 1. The van der Waals surface area contributed by atoms with Crippen LogP contribution >= 0.6 is 22.9 Å². The molecule has 136 valence electrons. The highest BCUT2D eigenvalue weighted by Gasteiger charge is 2.13. The second-order valence-corrected chi connectivity index (χ2v) is 7.32. The predicted octanol–water partition coefficient (Wildman–Crippen LogP) is 5.43. The molecule has 4 nitrogen and oxygen atoms in total. The fourth-order valence-electron chi connectivity index (χ4n) is 2.84. The van der Waals surface area contributed by atoms with Crippen molar-refractivity contribution in [3.8, 4) is 11.3 Å². The van der Waals surface area contributed by atoms with Crippen LogP contribution in [0.5, 0.6) is 0 Å². The molecule has 27 heavy (non-hydrogen) atoms. The highest BCUT2D eigenvalue weighted by atomic mass is 35.5. The number of thiazole rings is 1. The van der Waals surface area contributed by atoms with E-state index in [0.717, 1.165) is 10.7 Å². The van der Waals surface area contributed by atoms with Gasteiger partial charge in [-0.3, -0.25) is 9.20 Å². The second-order valence-electron chi connectivity index (χ2n) is 6.04. The molecule has 0 saturated carbocycles. The number of hydrogen-bond acceptors (Lipinski definition) is 3. The minimum Gasteiger partial charge on any atom is -0.326 e. The molecule has 0 bridgehead atoms. The van der Waals surface area contributed by atoms with Gasteiger partial charge in [0.25, 0.3) is 0 Å². The molecule has 1 amide bonds. The number of halogens is 2. The number of aromatic nitrogens is 2. The van der Waals surface area contributed by atoms with Crippen LogP contribution in [0.4, 0.5) is 10.1 Å². The van der Waals surface area contributed by atoms with Gasteiger partial charge in [-0.25, -0.2) is 9.37 Å². The first-order chi connectivity index (χ1) is 13.1. The molecule has 7 heteroatoms. The molecule has 4 rings (SSSR count). The van der Waals surface area contributed by atoms with Crippen LogP contribution in [0.1, 0.15) is 12.1 Å². The Morgan fingerprint density at radius 1 is 1.22 bits per heavy atom. The smallest absolute Gasteiger partial charge is 0.224 e. The lowest BCUT2D eigenvalue weighted by Crippen LogP contribution is -2.12. The SMILES string of the molecule is O=C(CCc1csc2nc(-c3ccccc3F)cn12)Nc1cccc(Cl)c1. The average molecular weight is 400 g/mol. The number of rotatable bonds is 5. The van der Waals surface area contributed by atoms with Crippen molar-refractivity contribution >= 4 is 39.5 Å². The predicted molar refractivity (Wildman–Crippen MR) is 107 cm³/mol. The molecule has 4 aromatic rings. The maximum Gasteiger partial charge on any atom is 0.224 e. The zero-order valence-corrected chi connectivity index (χ0v) is 15.7. The van der Waals surface area contributed by atoms with E-state index in [1.165, 1.54) is 17.4 Å². The van der Waals surface area contributed by atoms with E-state index in [0.29, 0.717) is 34.8 Å². The first-order valence-corrected chi connectivity index (χ1v) is 9.62. The van der Waals surface area contributed by atoms with Gasteiger partial charge < -0.3 is 5.32 Å². The highest BCUT2D eigenvalue weighted by molar-refractivity contribution is 7.15. The second kappa shape index (κ2) is 7.50. The Balaban J connectivity index is 1.48. The summed E-state index contributed by atoms with van der Waals surface area (Å²) in [5.74, 6) is -0.392. The van der Waals surface area contributed by atoms with E-state index in [-0.39, 0.29) is 11.7 Å². The molecular weight excluding hydrogens is 385 g/mol. The Labute approximate surface area is 164 Å². The number of anilines is 1. The lowest BCUT2D eigenvalue weighted by atomic mass is 10.1. The summed E-state index contributed by atoms with van der Waals surface area (Å²) in [7, 11) is 0. The van der Waals surface area contributed by atoms with Crippen molar-refractivity contribution in [2.75, 3.05) is 5.32 Å². The van der Waals surface area contributed by atoms with Crippen LogP contribution in [0, 0.1) is 5.82 Å². The van der Waals surface area contributed by atoms with Crippen LogP contribution in [0.25, 0.3) is 16.2 Å². The van der Waals surface area contributed by atoms with Gasteiger partial charge in [-0.05, 0) is 36.8 Å². The Hall–Kier alpha value is -2.70. The molecule has 2 heterocycles. The third-order valence-corrected chi connectivity index (χ3v) is 5.27. The van der Waals surface area contributed by atoms with E-state index in [1.807, 2.05) is 16.0 Å². The molecule has 0 radical (unpaired) electrons. The Kier molecular flexibility index (Phi) is 4.92. The lowest BCUT2D eigenvalue weighted by Gasteiger charge is -2.05. The summed E-state index contributed by atoms with van der Waals surface area (Å²) < 4.78 is 15.9. The van der Waals surface area contributed by atoms with Crippen LogP contribution in [0.15, 0.2) is 60.1 Å². The normalized spacial score (nSPS) is 11.0. The summed E-state index contributed by atoms with van der Waals surface area (Å²) >= 11 is 7.40. The Morgan fingerprint density at radius 2 is 2.07 bits per heavy atom. The van der Waals surface area contributed by atoms with Gasteiger partial charge in [0.15, 0.2) is 4.96 Å². The quantitative estimate of drug-likeness (QED) is 0.486. The van der Waals surface area contributed by atoms with E-state index < -0.39 is 0 Å². The number of amides is 1. The fraction of sp³-hybridized carbons (Fsp3) is 0.100. The monoisotopic (exact) mass is 399 g/mol. The van der Waals surface area contributed by atoms with E-state index >= 15 is 0 Å². The molecule has 0 unspecified atom stereocenters. The van der Waals surface area contributed by atoms with Crippen molar-refractivity contribution in [2.24, 2.45) is 0 Å². The molecule has 0 aliphatic heterocycles. The topological polar surface area (TPSA) is 46.4 Å². The number of nitrogens with zero attached hydrogens (tertiary/aromatic N) is 2. The Bertz CT molecular complexity index is 1120. The number of aryl methyl sites for hydroxylation is 1. The van der Waals surface area contributed by atoms with Crippen molar-refractivity contribution in [1.82, 2.24) is 9.38 Å². The van der Waals surface area contributed by atoms with Crippen molar-refractivity contribution in [1.29, 1.82) is 0 Å². The number of hydrogen-bond donors (Lipinski definition) is 1. The summed E-state index contributed by atoms with van der Waals surface area (Å²) in [5.41, 5.74) is 2.70. The molecule has 2 aromatic carbocycles. The van der Waals surface area contributed by atoms with E-state index in [9.17, 15) is 9.18 Å². The molecule has 0 saturated heterocycles. The van der Waals surface area contributed by atoms with Gasteiger partial charge in [-0.15, -0.1) is 11.3 Å². The minimum absolute atomic E-state index is 0.0916. The van der Waals surface area contributed by atoms with Crippen LogP contribution in [-0.2, 0) is 11.2 Å². The number of fused-ring (bicyclic) bond motifs is 1. The van der Waals surface area contributed by atoms with Gasteiger partial charge >= 0.3 is 0 Å². The van der Waals surface area contributed by atoms with Gasteiger partial charge in [0.2, 0.25) is 5.91 Å². The van der Waals surface area contributed by atoms with Gasteiger partial charge in [0.1, 0.15) is 5.82 Å². The zero-order chi connectivity index (χ0) is 18.8. The molecule has 1 N–H and O–H groups in total. The largest absolute Gasteiger partial charge is 0.326 e. The summed E-state index contributed by atoms with van der Waals surface area (Å²) in [6.45, 7) is 0. The van der Waals surface area contributed by atoms with E-state index in [2.05, 4.69) is 10.3 Å². The minimum atomic E-state index is -0.300. The first-order valence-electron chi connectivity index (χ1n) is 8.36. The molecule has 0 fully saturated rings. The van der Waals surface area contributed by atoms with Crippen molar-refractivity contribution in [2.45, 2.75) is 12.8 Å². The lowest BCUT2D eigenvalue weighted by molar-refractivity contribution is -0.116. The Morgan fingerprint density at radius 3 is 2.89 bits per heavy atom. The molecule has 0 atom stereocenters. The maximum absolute atomic E-state index is 14.0. The maximum atomic E-state index is 14.0. The van der Waals surface area contributed by atoms with Crippen LogP contribution in [-0.4, -0.2) is 15.3 Å². The van der Waals surface area contributed by atoms with Crippen LogP contribution < -0.4 is 5.32 Å². The number of carbonyl (C=O) groups excluding carboxylic acids is 1. The fourth-order valence-corrected chi connectivity index (χ4v) is 3.94. The standard InChI is InChI=1S/C20H15ClFN3OS/c21-13-4-3-5-14(10-13)23-19(26)9-8-15-12-27-20-24-18(11-25(15)20)16-6-1-2-7-17(16)22/h1-7,10-12H,8-9H2,(H,23,26). The van der Waals surface area contributed by atoms with Crippen molar-refractivity contribution < 1.29 is 9.18 Å². The van der Waals surface area contributed by atoms with Crippen LogP contribution in [0.2, 0.25) is 5.02 Å².